The van der Waals surface area contributed by atoms with Crippen LogP contribution in [0.4, 0.5) is 10.5 Å². The molecule has 2 amide bonds. The van der Waals surface area contributed by atoms with E-state index in [0.717, 1.165) is 37.7 Å². The van der Waals surface area contributed by atoms with E-state index in [2.05, 4.69) is 5.32 Å². The van der Waals surface area contributed by atoms with Crippen molar-refractivity contribution in [2.24, 2.45) is 0 Å². The van der Waals surface area contributed by atoms with Gasteiger partial charge in [-0.2, -0.15) is 4.31 Å². The number of sulfonamides is 1. The van der Waals surface area contributed by atoms with Gasteiger partial charge in [-0.3, -0.25) is 14.9 Å². The second-order valence-electron chi connectivity index (χ2n) is 11.3. The van der Waals surface area contributed by atoms with Crippen LogP contribution in [0, 0.1) is 10.1 Å². The lowest BCUT2D eigenvalue weighted by Crippen LogP contribution is -2.62. The number of nitrogens with zero attached hydrogens (tertiary/aromatic N) is 3. The van der Waals surface area contributed by atoms with Crippen LogP contribution in [0.15, 0.2) is 102 Å². The number of benzene rings is 4. The van der Waals surface area contributed by atoms with Crippen LogP contribution < -0.4 is 5.32 Å². The van der Waals surface area contributed by atoms with Gasteiger partial charge < -0.3 is 20.1 Å². The highest BCUT2D eigenvalue weighted by Crippen LogP contribution is 2.31. The highest BCUT2D eigenvalue weighted by molar-refractivity contribution is 7.89. The molecule has 4 aromatic rings. The Bertz CT molecular complexity index is 1920. The summed E-state index contributed by atoms with van der Waals surface area (Å²) in [6.45, 7) is -0.475. The van der Waals surface area contributed by atoms with E-state index in [1.807, 2.05) is 54.6 Å². The summed E-state index contributed by atoms with van der Waals surface area (Å²) in [5.74, 6) is -2.00. The number of para-hydroxylation sites is 1. The molecule has 4 aromatic carbocycles. The van der Waals surface area contributed by atoms with Crippen molar-refractivity contribution in [2.75, 3.05) is 19.6 Å². The van der Waals surface area contributed by atoms with Gasteiger partial charge in [0.25, 0.3) is 15.7 Å². The molecule has 1 fully saturated rings. The molecule has 1 aliphatic heterocycles. The Kier molecular flexibility index (Phi) is 10.7. The fourth-order valence-electron chi connectivity index (χ4n) is 5.78. The van der Waals surface area contributed by atoms with Crippen LogP contribution in [0.1, 0.15) is 24.0 Å². The number of nitrogens with one attached hydrogen (secondary N) is 1. The fraction of sp³-hybridized carbons (Fsp3) is 0.265. The Morgan fingerprint density at radius 1 is 0.938 bits per heavy atom. The normalized spacial score (nSPS) is 16.0. The number of hydrogen-bond donors (Lipinski definition) is 2. The van der Waals surface area contributed by atoms with Gasteiger partial charge in [-0.25, -0.2) is 18.0 Å². The lowest BCUT2D eigenvalue weighted by Gasteiger charge is -2.42. The van der Waals surface area contributed by atoms with Crippen LogP contribution in [-0.2, 0) is 37.4 Å². The minimum absolute atomic E-state index is 0.0235. The summed E-state index contributed by atoms with van der Waals surface area (Å²) in [4.78, 5) is 50.4. The zero-order chi connectivity index (χ0) is 34.3. The molecule has 5 rings (SSSR count). The van der Waals surface area contributed by atoms with Gasteiger partial charge in [-0.05, 0) is 40.8 Å². The Labute approximate surface area is 276 Å². The van der Waals surface area contributed by atoms with Gasteiger partial charge in [0.1, 0.15) is 18.7 Å². The molecular formula is C34H34N4O9S. The van der Waals surface area contributed by atoms with E-state index in [1.54, 1.807) is 18.2 Å². The van der Waals surface area contributed by atoms with Crippen LogP contribution in [0.3, 0.4) is 0 Å². The summed E-state index contributed by atoms with van der Waals surface area (Å²) in [7, 11) is -4.58. The van der Waals surface area contributed by atoms with Gasteiger partial charge in [0, 0.05) is 32.1 Å². The van der Waals surface area contributed by atoms with E-state index in [-0.39, 0.29) is 45.5 Å². The van der Waals surface area contributed by atoms with E-state index in [0.29, 0.717) is 5.56 Å². The first-order valence-electron chi connectivity index (χ1n) is 15.3. The molecule has 250 valence electrons. The van der Waals surface area contributed by atoms with Crippen LogP contribution in [0.2, 0.25) is 0 Å². The van der Waals surface area contributed by atoms with E-state index >= 15 is 0 Å². The number of hydrogen-bond acceptors (Lipinski definition) is 8. The number of aliphatic carboxylic acids is 1. The molecule has 0 aromatic heterocycles. The van der Waals surface area contributed by atoms with Crippen molar-refractivity contribution >= 4 is 44.5 Å². The average Bonchev–Trinajstić information content (AvgIpc) is 3.09. The summed E-state index contributed by atoms with van der Waals surface area (Å²) in [5.41, 5.74) is 0.820. The number of nitro benzene ring substituents is 1. The molecule has 1 aliphatic rings. The van der Waals surface area contributed by atoms with Crippen LogP contribution >= 0.6 is 0 Å². The molecule has 2 N–H and O–H groups in total. The van der Waals surface area contributed by atoms with Gasteiger partial charge in [0.15, 0.2) is 4.90 Å². The number of nitro groups is 1. The monoisotopic (exact) mass is 674 g/mol. The molecular weight excluding hydrogens is 640 g/mol. The average molecular weight is 675 g/mol. The number of carbonyl (C=O) groups is 3. The van der Waals surface area contributed by atoms with Crippen molar-refractivity contribution in [1.29, 1.82) is 0 Å². The van der Waals surface area contributed by atoms with Crippen molar-refractivity contribution in [3.05, 3.63) is 118 Å². The van der Waals surface area contributed by atoms with Gasteiger partial charge in [0.05, 0.1) is 4.92 Å². The molecule has 48 heavy (non-hydrogen) atoms. The van der Waals surface area contributed by atoms with E-state index < -0.39 is 55.6 Å². The number of alkyl carbamates (subject to hydrolysis) is 1. The second kappa shape index (κ2) is 15.0. The van der Waals surface area contributed by atoms with Crippen LogP contribution in [-0.4, -0.2) is 77.3 Å². The minimum atomic E-state index is -4.58. The van der Waals surface area contributed by atoms with Gasteiger partial charge >= 0.3 is 12.1 Å². The van der Waals surface area contributed by atoms with Crippen molar-refractivity contribution < 1.29 is 37.6 Å². The highest BCUT2D eigenvalue weighted by Gasteiger charge is 2.46. The lowest BCUT2D eigenvalue weighted by molar-refractivity contribution is -0.387. The Morgan fingerprint density at radius 2 is 1.62 bits per heavy atom. The molecule has 2 atom stereocenters. The summed E-state index contributed by atoms with van der Waals surface area (Å²) in [6, 6.07) is 24.3. The first-order valence-corrected chi connectivity index (χ1v) is 16.7. The number of carbonyl (C=O) groups excluding carboxylic acids is 2. The molecule has 14 heteroatoms. The molecule has 2 unspecified atom stereocenters. The predicted octanol–water partition coefficient (Wildman–Crippen LogP) is 4.35. The number of carboxylic acid groups (broad SMARTS) is 1. The molecule has 13 nitrogen and oxygen atoms in total. The third-order valence-electron chi connectivity index (χ3n) is 8.17. The number of amides is 2. The highest BCUT2D eigenvalue weighted by atomic mass is 32.2. The molecule has 0 aliphatic carbocycles. The number of carboxylic acids is 1. The van der Waals surface area contributed by atoms with E-state index in [9.17, 15) is 38.0 Å². The largest absolute Gasteiger partial charge is 0.480 e. The van der Waals surface area contributed by atoms with Crippen LogP contribution in [0.25, 0.3) is 10.8 Å². The molecule has 0 spiro atoms. The first kappa shape index (κ1) is 34.0. The van der Waals surface area contributed by atoms with Crippen LogP contribution in [0.5, 0.6) is 0 Å². The standard InChI is InChI=1S/C34H34N4O9S/c39-32-29(14-8-18-35-34(42)47-23-24-9-2-1-3-10-24)37(48(45,46)31-15-7-6-13-28(31)38(43)44)20-19-36(32)30(33(40)41)22-25-16-17-26-11-4-5-12-27(26)21-25/h1-7,9-13,15-17,21,29-30H,8,14,18-20,22-23H2,(H,35,42)(H,40,41). The maximum absolute atomic E-state index is 14.1. The van der Waals surface area contributed by atoms with Gasteiger partial charge in [-0.15, -0.1) is 0 Å². The smallest absolute Gasteiger partial charge is 0.407 e. The zero-order valence-electron chi connectivity index (χ0n) is 25.8. The van der Waals surface area contributed by atoms with Gasteiger partial charge in [-0.1, -0.05) is 84.9 Å². The molecule has 0 saturated carbocycles. The predicted molar refractivity (Wildman–Crippen MR) is 175 cm³/mol. The van der Waals surface area contributed by atoms with Crippen molar-refractivity contribution in [1.82, 2.24) is 14.5 Å². The maximum Gasteiger partial charge on any atom is 0.407 e. The Morgan fingerprint density at radius 3 is 2.35 bits per heavy atom. The van der Waals surface area contributed by atoms with Crippen molar-refractivity contribution in [3.8, 4) is 0 Å². The lowest BCUT2D eigenvalue weighted by atomic mass is 9.99. The Hall–Kier alpha value is -5.34. The van der Waals surface area contributed by atoms with Crippen molar-refractivity contribution in [2.45, 2.75) is 42.8 Å². The zero-order valence-corrected chi connectivity index (χ0v) is 26.6. The number of piperazine rings is 1. The SMILES string of the molecule is O=C(NCCCC1C(=O)N(C(Cc2ccc3ccccc3c2)C(=O)O)CCN1S(=O)(=O)c1ccccc1[N+](=O)[O-])OCc1ccccc1. The summed E-state index contributed by atoms with van der Waals surface area (Å²) >= 11 is 0. The molecule has 1 saturated heterocycles. The maximum atomic E-state index is 14.1. The van der Waals surface area contributed by atoms with E-state index in [4.69, 9.17) is 4.74 Å². The number of fused-ring (bicyclic) bond motifs is 1. The number of ether oxygens (including phenoxy) is 1. The summed E-state index contributed by atoms with van der Waals surface area (Å²) in [5, 5.41) is 26.4. The summed E-state index contributed by atoms with van der Waals surface area (Å²) in [6.07, 6.45) is -0.710. The molecule has 0 bridgehead atoms. The van der Waals surface area contributed by atoms with Gasteiger partial charge in [0.2, 0.25) is 5.91 Å². The molecule has 1 heterocycles. The summed E-state index contributed by atoms with van der Waals surface area (Å²) < 4.78 is 33.9. The fourth-order valence-corrected chi connectivity index (χ4v) is 7.55. The number of rotatable bonds is 13. The second-order valence-corrected chi connectivity index (χ2v) is 13.1. The first-order chi connectivity index (χ1) is 23.1. The topological polar surface area (TPSA) is 176 Å². The van der Waals surface area contributed by atoms with E-state index in [1.165, 1.54) is 12.1 Å². The Balaban J connectivity index is 1.36. The molecule has 0 radical (unpaired) electrons. The third-order valence-corrected chi connectivity index (χ3v) is 10.1. The third kappa shape index (κ3) is 7.78. The van der Waals surface area contributed by atoms with Crippen molar-refractivity contribution in [3.63, 3.8) is 0 Å². The minimum Gasteiger partial charge on any atom is -0.480 e. The quantitative estimate of drug-likeness (QED) is 0.119.